The molecule has 0 radical (unpaired) electrons. The molecule has 3 nitrogen and oxygen atoms in total. The van der Waals surface area contributed by atoms with Gasteiger partial charge in [-0.05, 0) is 43.6 Å². The summed E-state index contributed by atoms with van der Waals surface area (Å²) in [4.78, 5) is 14.3. The van der Waals surface area contributed by atoms with E-state index in [9.17, 15) is 4.79 Å². The summed E-state index contributed by atoms with van der Waals surface area (Å²) in [5.74, 6) is 0.255. The van der Waals surface area contributed by atoms with Crippen molar-refractivity contribution in [2.75, 3.05) is 0 Å². The van der Waals surface area contributed by atoms with Crippen LogP contribution >= 0.6 is 11.3 Å². The van der Waals surface area contributed by atoms with E-state index in [0.29, 0.717) is 6.10 Å². The van der Waals surface area contributed by atoms with Crippen molar-refractivity contribution < 1.29 is 9.53 Å². The van der Waals surface area contributed by atoms with Crippen LogP contribution in [0.25, 0.3) is 0 Å². The standard InChI is InChI=1S/C17H23NO2S/c19-16(18-13-11-12-6-7-14(13)20-12)17(8-2-1-3-9-17)15-5-4-10-21-15/h4-5,10,12-14H,1-3,6-9,11H2,(H,18,19)/t12-,13-,14-/m0/s1. The molecule has 4 heteroatoms. The first kappa shape index (κ1) is 13.8. The fourth-order valence-electron chi connectivity index (χ4n) is 4.39. The van der Waals surface area contributed by atoms with Crippen LogP contribution in [-0.4, -0.2) is 24.2 Å². The maximum absolute atomic E-state index is 13.1. The second kappa shape index (κ2) is 5.40. The van der Waals surface area contributed by atoms with Gasteiger partial charge in [0.05, 0.1) is 23.7 Å². The number of hydrogen-bond acceptors (Lipinski definition) is 3. The van der Waals surface area contributed by atoms with Crippen LogP contribution in [0.3, 0.4) is 0 Å². The second-order valence-electron chi connectivity index (χ2n) is 6.81. The van der Waals surface area contributed by atoms with Gasteiger partial charge in [0.15, 0.2) is 0 Å². The number of hydrogen-bond donors (Lipinski definition) is 1. The Bertz CT molecular complexity index is 507. The molecule has 1 saturated carbocycles. The number of nitrogens with one attached hydrogen (secondary N) is 1. The molecule has 21 heavy (non-hydrogen) atoms. The van der Waals surface area contributed by atoms with Crippen LogP contribution in [0.4, 0.5) is 0 Å². The van der Waals surface area contributed by atoms with Crippen LogP contribution in [0, 0.1) is 0 Å². The number of rotatable bonds is 3. The summed E-state index contributed by atoms with van der Waals surface area (Å²) in [5, 5.41) is 5.45. The first-order valence-corrected chi connectivity index (χ1v) is 9.16. The average Bonchev–Trinajstić information content (AvgIpc) is 3.25. The van der Waals surface area contributed by atoms with Crippen LogP contribution in [0.1, 0.15) is 56.2 Å². The maximum Gasteiger partial charge on any atom is 0.231 e. The van der Waals surface area contributed by atoms with E-state index in [1.807, 2.05) is 0 Å². The molecular weight excluding hydrogens is 282 g/mol. The molecule has 114 valence electrons. The lowest BCUT2D eigenvalue weighted by Gasteiger charge is -2.36. The Hall–Kier alpha value is -0.870. The van der Waals surface area contributed by atoms with Gasteiger partial charge in [-0.1, -0.05) is 25.3 Å². The van der Waals surface area contributed by atoms with Gasteiger partial charge in [0.25, 0.3) is 0 Å². The molecule has 2 bridgehead atoms. The van der Waals surface area contributed by atoms with Gasteiger partial charge in [0.2, 0.25) is 5.91 Å². The summed E-state index contributed by atoms with van der Waals surface area (Å²) in [5.41, 5.74) is -0.270. The number of fused-ring (bicyclic) bond motifs is 2. The van der Waals surface area contributed by atoms with Gasteiger partial charge in [0.1, 0.15) is 0 Å². The van der Waals surface area contributed by atoms with Gasteiger partial charge < -0.3 is 10.1 Å². The smallest absolute Gasteiger partial charge is 0.231 e. The molecule has 3 fully saturated rings. The third-order valence-corrected chi connectivity index (χ3v) is 6.63. The van der Waals surface area contributed by atoms with Gasteiger partial charge >= 0.3 is 0 Å². The Kier molecular flexibility index (Phi) is 3.54. The van der Waals surface area contributed by atoms with Gasteiger partial charge in [-0.15, -0.1) is 11.3 Å². The molecule has 1 amide bonds. The zero-order chi connectivity index (χ0) is 14.3. The summed E-state index contributed by atoms with van der Waals surface area (Å²) in [7, 11) is 0. The number of carbonyl (C=O) groups is 1. The fraction of sp³-hybridized carbons (Fsp3) is 0.706. The summed E-state index contributed by atoms with van der Waals surface area (Å²) < 4.78 is 5.88. The summed E-state index contributed by atoms with van der Waals surface area (Å²) in [6.45, 7) is 0. The Morgan fingerprint density at radius 1 is 1.29 bits per heavy atom. The summed E-state index contributed by atoms with van der Waals surface area (Å²) in [6.07, 6.45) is 9.55. The van der Waals surface area contributed by atoms with E-state index in [4.69, 9.17) is 4.74 Å². The summed E-state index contributed by atoms with van der Waals surface area (Å²) in [6, 6.07) is 4.46. The third kappa shape index (κ3) is 2.33. The van der Waals surface area contributed by atoms with Crippen LogP contribution in [-0.2, 0) is 14.9 Å². The molecule has 3 heterocycles. The van der Waals surface area contributed by atoms with Gasteiger partial charge in [-0.25, -0.2) is 0 Å². The van der Waals surface area contributed by atoms with Crippen LogP contribution in [0.5, 0.6) is 0 Å². The SMILES string of the molecule is O=C(N[C@H]1C[C@@H]2CC[C@@H]1O2)C1(c2cccs2)CCCCC1. The van der Waals surface area contributed by atoms with Crippen LogP contribution in [0.15, 0.2) is 17.5 Å². The van der Waals surface area contributed by atoms with Crippen molar-refractivity contribution in [2.45, 2.75) is 75.0 Å². The first-order chi connectivity index (χ1) is 10.3. The normalized spacial score (nSPS) is 34.0. The minimum absolute atomic E-state index is 0.245. The number of thiophene rings is 1. The Labute approximate surface area is 130 Å². The highest BCUT2D eigenvalue weighted by Gasteiger charge is 2.46. The van der Waals surface area contributed by atoms with Gasteiger partial charge in [-0.3, -0.25) is 4.79 Å². The minimum Gasteiger partial charge on any atom is -0.373 e. The molecule has 3 atom stereocenters. The predicted molar refractivity (Wildman–Crippen MR) is 83.5 cm³/mol. The highest BCUT2D eigenvalue weighted by atomic mass is 32.1. The molecule has 3 aliphatic rings. The van der Waals surface area contributed by atoms with E-state index in [-0.39, 0.29) is 23.5 Å². The van der Waals surface area contributed by atoms with E-state index >= 15 is 0 Å². The molecule has 2 saturated heterocycles. The fourth-order valence-corrected chi connectivity index (χ4v) is 5.37. The molecule has 0 aromatic carbocycles. The van der Waals surface area contributed by atoms with Crippen molar-refractivity contribution in [2.24, 2.45) is 0 Å². The highest BCUT2D eigenvalue weighted by Crippen LogP contribution is 2.43. The van der Waals surface area contributed by atoms with E-state index < -0.39 is 0 Å². The Morgan fingerprint density at radius 3 is 2.76 bits per heavy atom. The van der Waals surface area contributed by atoms with E-state index in [0.717, 1.165) is 25.7 Å². The molecule has 1 aromatic rings. The molecule has 4 rings (SSSR count). The Morgan fingerprint density at radius 2 is 2.14 bits per heavy atom. The molecule has 0 spiro atoms. The lowest BCUT2D eigenvalue weighted by molar-refractivity contribution is -0.129. The van der Waals surface area contributed by atoms with E-state index in [2.05, 4.69) is 22.8 Å². The van der Waals surface area contributed by atoms with Gasteiger partial charge in [0, 0.05) is 4.88 Å². The van der Waals surface area contributed by atoms with Crippen molar-refractivity contribution in [3.05, 3.63) is 22.4 Å². The molecule has 1 aliphatic carbocycles. The van der Waals surface area contributed by atoms with E-state index in [1.54, 1.807) is 11.3 Å². The molecule has 1 N–H and O–H groups in total. The molecular formula is C17H23NO2S. The quantitative estimate of drug-likeness (QED) is 0.929. The average molecular weight is 305 g/mol. The lowest BCUT2D eigenvalue weighted by Crippen LogP contribution is -2.51. The molecule has 1 aromatic heterocycles. The van der Waals surface area contributed by atoms with Crippen molar-refractivity contribution in [3.63, 3.8) is 0 Å². The number of amides is 1. The Balaban J connectivity index is 1.54. The molecule has 0 unspecified atom stereocenters. The summed E-state index contributed by atoms with van der Waals surface area (Å²) >= 11 is 1.74. The zero-order valence-corrected chi connectivity index (χ0v) is 13.2. The third-order valence-electron chi connectivity index (χ3n) is 5.56. The van der Waals surface area contributed by atoms with Crippen LogP contribution in [0.2, 0.25) is 0 Å². The highest BCUT2D eigenvalue weighted by molar-refractivity contribution is 7.10. The number of ether oxygens (including phenoxy) is 1. The predicted octanol–water partition coefficient (Wildman–Crippen LogP) is 3.39. The van der Waals surface area contributed by atoms with Gasteiger partial charge in [-0.2, -0.15) is 0 Å². The van der Waals surface area contributed by atoms with Crippen molar-refractivity contribution in [1.29, 1.82) is 0 Å². The van der Waals surface area contributed by atoms with Crippen molar-refractivity contribution in [3.8, 4) is 0 Å². The first-order valence-electron chi connectivity index (χ1n) is 8.28. The number of carbonyl (C=O) groups excluding carboxylic acids is 1. The largest absolute Gasteiger partial charge is 0.373 e. The van der Waals surface area contributed by atoms with Crippen molar-refractivity contribution in [1.82, 2.24) is 5.32 Å². The van der Waals surface area contributed by atoms with Crippen molar-refractivity contribution >= 4 is 17.2 Å². The second-order valence-corrected chi connectivity index (χ2v) is 7.76. The van der Waals surface area contributed by atoms with E-state index in [1.165, 1.54) is 30.6 Å². The zero-order valence-electron chi connectivity index (χ0n) is 12.3. The lowest BCUT2D eigenvalue weighted by atomic mass is 9.72. The minimum atomic E-state index is -0.270. The maximum atomic E-state index is 13.1. The molecule has 2 aliphatic heterocycles. The topological polar surface area (TPSA) is 38.3 Å². The monoisotopic (exact) mass is 305 g/mol. The van der Waals surface area contributed by atoms with Crippen LogP contribution < -0.4 is 5.32 Å².